The number of rotatable bonds is 2. The molecule has 1 N–H and O–H groups in total. The third-order valence-corrected chi connectivity index (χ3v) is 7.75. The predicted octanol–water partition coefficient (Wildman–Crippen LogP) is 3.40. The smallest absolute Gasteiger partial charge is 0.410 e. The molecule has 1 saturated carbocycles. The minimum absolute atomic E-state index is 0.00711. The van der Waals surface area contributed by atoms with Crippen LogP contribution in [0.25, 0.3) is 6.08 Å². The molecule has 0 radical (unpaired) electrons. The van der Waals surface area contributed by atoms with Crippen LogP contribution < -0.4 is 5.32 Å². The van der Waals surface area contributed by atoms with Crippen LogP contribution in [0.4, 0.5) is 9.59 Å². The SMILES string of the molecule is O=C[C@@H]1C[C@@H]2CN1C(=O)[C@H](C1CCCC1)NC(=O)OCCC/C=C/c1cccc3c1CN(C3)C(=O)O2. The van der Waals surface area contributed by atoms with E-state index in [0.717, 1.165) is 55.1 Å². The van der Waals surface area contributed by atoms with Crippen LogP contribution >= 0.6 is 0 Å². The molecule has 0 spiro atoms. The molecular weight excluding hydrogens is 462 g/mol. The van der Waals surface area contributed by atoms with E-state index >= 15 is 0 Å². The van der Waals surface area contributed by atoms with E-state index < -0.39 is 30.4 Å². The quantitative estimate of drug-likeness (QED) is 0.631. The summed E-state index contributed by atoms with van der Waals surface area (Å²) in [5, 5.41) is 2.78. The van der Waals surface area contributed by atoms with Crippen molar-refractivity contribution in [3.63, 3.8) is 0 Å². The van der Waals surface area contributed by atoms with E-state index in [2.05, 4.69) is 5.32 Å². The number of nitrogens with one attached hydrogen (secondary N) is 1. The molecule has 3 heterocycles. The van der Waals surface area contributed by atoms with Crippen molar-refractivity contribution in [1.29, 1.82) is 0 Å². The number of allylic oxidation sites excluding steroid dienone is 1. The highest BCUT2D eigenvalue weighted by molar-refractivity contribution is 5.88. The van der Waals surface area contributed by atoms with Gasteiger partial charge >= 0.3 is 12.2 Å². The van der Waals surface area contributed by atoms with E-state index in [1.165, 1.54) is 4.90 Å². The van der Waals surface area contributed by atoms with Crippen molar-refractivity contribution in [3.8, 4) is 0 Å². The maximum Gasteiger partial charge on any atom is 0.410 e. The number of alkyl carbamates (subject to hydrolysis) is 1. The van der Waals surface area contributed by atoms with Crippen LogP contribution in [0, 0.1) is 5.92 Å². The summed E-state index contributed by atoms with van der Waals surface area (Å²) < 4.78 is 11.2. The van der Waals surface area contributed by atoms with Crippen molar-refractivity contribution in [1.82, 2.24) is 15.1 Å². The number of hydrogen-bond acceptors (Lipinski definition) is 6. The van der Waals surface area contributed by atoms with Crippen molar-refractivity contribution in [2.75, 3.05) is 13.2 Å². The number of fused-ring (bicyclic) bond motifs is 3. The third kappa shape index (κ3) is 5.10. The van der Waals surface area contributed by atoms with E-state index in [0.29, 0.717) is 19.5 Å². The fourth-order valence-electron chi connectivity index (χ4n) is 5.84. The van der Waals surface area contributed by atoms with Crippen LogP contribution in [0.1, 0.15) is 61.6 Å². The lowest BCUT2D eigenvalue weighted by Gasteiger charge is -2.30. The van der Waals surface area contributed by atoms with Gasteiger partial charge in [0.2, 0.25) is 5.91 Å². The van der Waals surface area contributed by atoms with Gasteiger partial charge in [-0.05, 0) is 48.3 Å². The van der Waals surface area contributed by atoms with E-state index in [1.54, 1.807) is 4.90 Å². The summed E-state index contributed by atoms with van der Waals surface area (Å²) >= 11 is 0. The standard InChI is InChI=1S/C27H33N3O6/c31-17-21-13-22-15-30(21)25(32)24(19-8-3-4-9-19)28-26(33)35-12-5-1-2-7-18-10-6-11-20-14-29(16-23(18)20)27(34)36-22/h2,6-7,10-11,17,19,21-22,24H,1,3-5,8-9,12-16H2,(H,28,33)/b7-2+/t21-,22+,24-/m0/s1. The molecule has 2 fully saturated rings. The lowest BCUT2D eigenvalue weighted by atomic mass is 9.96. The Balaban J connectivity index is 1.38. The van der Waals surface area contributed by atoms with Gasteiger partial charge in [0.25, 0.3) is 0 Å². The molecule has 192 valence electrons. The Morgan fingerprint density at radius 3 is 2.69 bits per heavy atom. The van der Waals surface area contributed by atoms with Crippen LogP contribution in [0.15, 0.2) is 24.3 Å². The number of amides is 3. The van der Waals surface area contributed by atoms with E-state index in [4.69, 9.17) is 9.47 Å². The molecule has 1 aromatic carbocycles. The summed E-state index contributed by atoms with van der Waals surface area (Å²) in [6.07, 6.45) is 8.44. The second-order valence-corrected chi connectivity index (χ2v) is 10.1. The molecule has 0 aromatic heterocycles. The maximum atomic E-state index is 13.6. The summed E-state index contributed by atoms with van der Waals surface area (Å²) in [7, 11) is 0. The molecule has 0 unspecified atom stereocenters. The zero-order chi connectivity index (χ0) is 25.1. The van der Waals surface area contributed by atoms with Gasteiger partial charge in [-0.15, -0.1) is 0 Å². The number of carbonyl (C=O) groups is 4. The second kappa shape index (κ2) is 10.7. The minimum atomic E-state index is -0.760. The number of hydrogen-bond donors (Lipinski definition) is 1. The van der Waals surface area contributed by atoms with Crippen molar-refractivity contribution in [3.05, 3.63) is 41.0 Å². The topological polar surface area (TPSA) is 105 Å². The number of carbonyl (C=O) groups excluding carboxylic acids is 4. The van der Waals surface area contributed by atoms with Gasteiger partial charge in [-0.25, -0.2) is 9.59 Å². The van der Waals surface area contributed by atoms with Crippen LogP contribution in [0.2, 0.25) is 0 Å². The lowest BCUT2D eigenvalue weighted by molar-refractivity contribution is -0.137. The number of benzene rings is 1. The first-order valence-electron chi connectivity index (χ1n) is 13.0. The fourth-order valence-corrected chi connectivity index (χ4v) is 5.84. The van der Waals surface area contributed by atoms with Crippen LogP contribution in [-0.2, 0) is 32.2 Å². The molecule has 36 heavy (non-hydrogen) atoms. The van der Waals surface area contributed by atoms with Gasteiger partial charge in [0, 0.05) is 13.0 Å². The Labute approximate surface area is 210 Å². The van der Waals surface area contributed by atoms with Crippen molar-refractivity contribution >= 4 is 30.5 Å². The van der Waals surface area contributed by atoms with Gasteiger partial charge < -0.3 is 24.5 Å². The first-order chi connectivity index (χ1) is 17.5. The van der Waals surface area contributed by atoms with Gasteiger partial charge in [0.05, 0.1) is 25.7 Å². The third-order valence-electron chi connectivity index (χ3n) is 7.75. The highest BCUT2D eigenvalue weighted by atomic mass is 16.6. The normalized spacial score (nSPS) is 28.6. The molecule has 5 rings (SSSR count). The van der Waals surface area contributed by atoms with Gasteiger partial charge in [-0.2, -0.15) is 0 Å². The first-order valence-corrected chi connectivity index (χ1v) is 13.0. The molecule has 3 amide bonds. The van der Waals surface area contributed by atoms with Gasteiger partial charge in [0.15, 0.2) is 0 Å². The van der Waals surface area contributed by atoms with E-state index in [1.807, 2.05) is 30.4 Å². The average Bonchev–Trinajstić information content (AvgIpc) is 3.63. The molecule has 1 aliphatic carbocycles. The van der Waals surface area contributed by atoms with Crippen LogP contribution in [-0.4, -0.2) is 65.5 Å². The number of nitrogens with zero attached hydrogens (tertiary/aromatic N) is 2. The summed E-state index contributed by atoms with van der Waals surface area (Å²) in [4.78, 5) is 54.2. The van der Waals surface area contributed by atoms with Crippen molar-refractivity contribution in [2.45, 2.75) is 76.2 Å². The van der Waals surface area contributed by atoms with Crippen LogP contribution in [0.3, 0.4) is 0 Å². The highest BCUT2D eigenvalue weighted by Gasteiger charge is 2.43. The van der Waals surface area contributed by atoms with Gasteiger partial charge in [0.1, 0.15) is 18.4 Å². The molecule has 1 saturated heterocycles. The van der Waals surface area contributed by atoms with Crippen molar-refractivity contribution < 1.29 is 28.7 Å². The summed E-state index contributed by atoms with van der Waals surface area (Å²) in [5.74, 6) is -0.319. The Morgan fingerprint density at radius 2 is 1.89 bits per heavy atom. The minimum Gasteiger partial charge on any atom is -0.450 e. The molecule has 3 atom stereocenters. The molecule has 4 bridgehead atoms. The first kappa shape index (κ1) is 24.3. The number of cyclic esters (lactones) is 1. The predicted molar refractivity (Wildman–Crippen MR) is 131 cm³/mol. The van der Waals surface area contributed by atoms with Crippen molar-refractivity contribution in [2.24, 2.45) is 5.92 Å². The monoisotopic (exact) mass is 495 g/mol. The van der Waals surface area contributed by atoms with Gasteiger partial charge in [-0.3, -0.25) is 9.69 Å². The molecule has 3 aliphatic heterocycles. The zero-order valence-electron chi connectivity index (χ0n) is 20.4. The second-order valence-electron chi connectivity index (χ2n) is 10.1. The summed E-state index contributed by atoms with van der Waals surface area (Å²) in [5.41, 5.74) is 3.22. The van der Waals surface area contributed by atoms with Gasteiger partial charge in [-0.1, -0.05) is 43.2 Å². The summed E-state index contributed by atoms with van der Waals surface area (Å²) in [6.45, 7) is 1.29. The van der Waals surface area contributed by atoms with Crippen LogP contribution in [0.5, 0.6) is 0 Å². The van der Waals surface area contributed by atoms with E-state index in [9.17, 15) is 19.2 Å². The largest absolute Gasteiger partial charge is 0.450 e. The molecule has 1 aromatic rings. The fraction of sp³-hybridized carbons (Fsp3) is 0.556. The molecule has 9 nitrogen and oxygen atoms in total. The Morgan fingerprint density at radius 1 is 1.06 bits per heavy atom. The maximum absolute atomic E-state index is 13.6. The lowest BCUT2D eigenvalue weighted by Crippen LogP contribution is -2.53. The zero-order valence-corrected chi connectivity index (χ0v) is 20.4. The average molecular weight is 496 g/mol. The molecule has 9 heteroatoms. The Kier molecular flexibility index (Phi) is 7.25. The molecular formula is C27H33N3O6. The Bertz CT molecular complexity index is 1050. The summed E-state index contributed by atoms with van der Waals surface area (Å²) in [6, 6.07) is 4.55. The number of aldehydes is 1. The molecule has 4 aliphatic rings. The van der Waals surface area contributed by atoms with E-state index in [-0.39, 0.29) is 31.4 Å². The highest BCUT2D eigenvalue weighted by Crippen LogP contribution is 2.32. The Hall–Kier alpha value is -3.36. The number of ether oxygens (including phenoxy) is 2.